The molecule has 3 aromatic carbocycles. The summed E-state index contributed by atoms with van der Waals surface area (Å²) in [5.74, 6) is 4.88. The Balaban J connectivity index is 0.00000114. The quantitative estimate of drug-likeness (QED) is 0.0217. The molecule has 7 rings (SSSR count). The van der Waals surface area contributed by atoms with Crippen molar-refractivity contribution < 1.29 is 96.2 Å². The number of carbonyl (C=O) groups is 6. The Kier molecular flexibility index (Phi) is 51.9. The number of anilines is 3. The molecule has 3 aromatic rings. The second kappa shape index (κ2) is 56.8. The minimum absolute atomic E-state index is 0.0281. The first kappa shape index (κ1) is 88.6. The van der Waals surface area contributed by atoms with Crippen molar-refractivity contribution in [2.75, 3.05) is 149 Å². The van der Waals surface area contributed by atoms with E-state index in [4.69, 9.17) is 78.5 Å². The third-order valence-electron chi connectivity index (χ3n) is 12.4. The number of aliphatic hydroxyl groups excluding tert-OH is 1. The molecule has 0 aromatic heterocycles. The molecule has 1 heterocycles. The van der Waals surface area contributed by atoms with Crippen LogP contribution in [0.15, 0.2) is 143 Å². The number of ketones is 6. The van der Waals surface area contributed by atoms with E-state index in [1.165, 1.54) is 36.5 Å². The highest BCUT2D eigenvalue weighted by molar-refractivity contribution is 6.21. The molecule has 7 N–H and O–H groups in total. The predicted molar refractivity (Wildman–Crippen MR) is 367 cm³/mol. The molecule has 538 valence electrons. The molecule has 28 heteroatoms. The van der Waals surface area contributed by atoms with Crippen LogP contribution in [0.3, 0.4) is 0 Å². The number of hydrazine groups is 2. The number of aliphatic hydroxyl groups is 1. The topological polar surface area (TPSA) is 384 Å². The zero-order chi connectivity index (χ0) is 72.6. The Labute approximate surface area is 568 Å². The largest absolute Gasteiger partial charge is 0.507 e. The average molecular weight is 1370 g/mol. The first-order valence-corrected chi connectivity index (χ1v) is 31.5. The van der Waals surface area contributed by atoms with Crippen LogP contribution < -0.4 is 22.1 Å². The first-order valence-electron chi connectivity index (χ1n) is 31.5. The summed E-state index contributed by atoms with van der Waals surface area (Å²) in [7, 11) is 1.78. The van der Waals surface area contributed by atoms with E-state index in [1.54, 1.807) is 13.8 Å². The third-order valence-corrected chi connectivity index (χ3v) is 12.4. The van der Waals surface area contributed by atoms with Gasteiger partial charge in [-0.2, -0.15) is 0 Å². The van der Waals surface area contributed by atoms with Crippen molar-refractivity contribution in [1.29, 1.82) is 0 Å². The number of aromatic hydroxyl groups is 1. The second-order valence-corrected chi connectivity index (χ2v) is 20.1. The van der Waals surface area contributed by atoms with Gasteiger partial charge in [-0.1, -0.05) is 50.2 Å². The Morgan fingerprint density at radius 1 is 0.485 bits per heavy atom. The summed E-state index contributed by atoms with van der Waals surface area (Å²) in [6.07, 6.45) is 9.19. The molecule has 1 fully saturated rings. The molecular weight excluding hydrogens is 1260 g/mol. The lowest BCUT2D eigenvalue weighted by molar-refractivity contribution is -0.445. The lowest BCUT2D eigenvalue weighted by atomic mass is 9.93. The van der Waals surface area contributed by atoms with E-state index in [2.05, 4.69) is 16.3 Å². The van der Waals surface area contributed by atoms with Crippen LogP contribution in [0.5, 0.6) is 5.75 Å². The lowest BCUT2D eigenvalue weighted by Crippen LogP contribution is -2.27. The van der Waals surface area contributed by atoms with Crippen LogP contribution in [0.2, 0.25) is 0 Å². The molecule has 1 aliphatic heterocycles. The van der Waals surface area contributed by atoms with Gasteiger partial charge in [0.15, 0.2) is 48.8 Å². The molecule has 3 aliphatic carbocycles. The number of nitrogens with one attached hydrogen (secondary N) is 3. The van der Waals surface area contributed by atoms with Crippen molar-refractivity contribution in [3.8, 4) is 5.75 Å². The van der Waals surface area contributed by atoms with Crippen LogP contribution in [0, 0.1) is 20.2 Å². The number of phenolic OH excluding ortho intramolecular Hbond substituents is 1. The zero-order valence-electron chi connectivity index (χ0n) is 57.6. The van der Waals surface area contributed by atoms with E-state index in [0.29, 0.717) is 159 Å². The van der Waals surface area contributed by atoms with E-state index >= 15 is 0 Å². The third kappa shape index (κ3) is 44.2. The van der Waals surface area contributed by atoms with E-state index in [1.807, 2.05) is 114 Å². The molecule has 4 aliphatic rings. The van der Waals surface area contributed by atoms with Crippen LogP contribution in [0.1, 0.15) is 79.4 Å². The molecule has 1 unspecified atom stereocenters. The number of para-hydroxylation sites is 2. The fraction of sp³-hybridized carbons (Fsp3) is 0.478. The Hall–Kier alpha value is -8.36. The fourth-order valence-electron chi connectivity index (χ4n) is 7.72. The van der Waals surface area contributed by atoms with Gasteiger partial charge in [0, 0.05) is 86.5 Å². The first-order chi connectivity index (χ1) is 46.5. The standard InChI is InChI=1S/C18H24N2O3.C13H26O7.C12H16O4.C10H12O2.C8H8O2.C6H8N2.2CH3NO2/c1-3-22-12-14-10-17(11-15(18(14)21)13-23-4-2)20-19-16-8-6-5-7-9-16;14-11-13-12-19-8-7-17-4-3-15-1-2-16-5-6-18-9-10-20-13;1-3-15-7-9-5-11(13)6-10(12(9)14)8-16-4-2;1-3-7-5-9(11)6-8(4-2)10(7)12;1-5-3-7(9)4-6(2)8(5)10;7-8-6-4-2-1-3-5-6;2*1-2(3)4/h5-11,19-21H,3-4,12-13H2,1-2H3;13-14H,1-12H2;5-6H,3-4,7-8H2,1-2H3;5-6H,3-4H2,1-2H3;3-4H,1-2H3;1-5,8H,7H2;2*1H3. The second-order valence-electron chi connectivity index (χ2n) is 20.1. The van der Waals surface area contributed by atoms with Crippen LogP contribution in [-0.2, 0) is 89.3 Å². The highest BCUT2D eigenvalue weighted by Gasteiger charge is 2.22. The maximum absolute atomic E-state index is 11.8. The van der Waals surface area contributed by atoms with E-state index in [9.17, 15) is 33.9 Å². The number of nitro groups is 2. The molecule has 0 bridgehead atoms. The summed E-state index contributed by atoms with van der Waals surface area (Å²) in [5.41, 5.74) is 16.2. The summed E-state index contributed by atoms with van der Waals surface area (Å²) < 4.78 is 53.3. The van der Waals surface area contributed by atoms with Gasteiger partial charge in [0.25, 0.3) is 0 Å². The number of phenols is 1. The van der Waals surface area contributed by atoms with Crippen molar-refractivity contribution in [1.82, 2.24) is 0 Å². The Morgan fingerprint density at radius 2 is 0.814 bits per heavy atom. The highest BCUT2D eigenvalue weighted by Crippen LogP contribution is 2.29. The van der Waals surface area contributed by atoms with Gasteiger partial charge in [-0.15, -0.1) is 0 Å². The minimum Gasteiger partial charge on any atom is -0.507 e. The fourth-order valence-corrected chi connectivity index (χ4v) is 7.72. The minimum atomic E-state index is -0.500. The van der Waals surface area contributed by atoms with Gasteiger partial charge in [0.2, 0.25) is 0 Å². The lowest BCUT2D eigenvalue weighted by Gasteiger charge is -2.16. The molecule has 1 saturated heterocycles. The highest BCUT2D eigenvalue weighted by atomic mass is 16.6. The van der Waals surface area contributed by atoms with Gasteiger partial charge in [0.1, 0.15) is 11.9 Å². The number of hydrogen-bond donors (Lipinski definition) is 6. The molecule has 0 amide bonds. The monoisotopic (exact) mass is 1360 g/mol. The molecular formula is C69H100N6O22. The van der Waals surface area contributed by atoms with Crippen LogP contribution in [0.4, 0.5) is 17.1 Å². The normalized spacial score (nSPS) is 15.9. The van der Waals surface area contributed by atoms with E-state index in [-0.39, 0.29) is 66.4 Å². The SMILES string of the molecule is CC1=CC(=O)C=C(C)C1=O.CCC1=CC(=O)C=C(CC)C1=O.CCOCC1=CC(=O)C=C(COCC)C1=O.CCOCc1cc(NNc2ccccc2)cc(COCC)c1O.C[N+](=O)[O-].C[N+](=O)[O-].NNc1ccccc1.OCC1COCCOCCOCCOCCOCCO1. The van der Waals surface area contributed by atoms with Gasteiger partial charge in [-0.3, -0.25) is 54.8 Å². The van der Waals surface area contributed by atoms with Crippen LogP contribution in [0.25, 0.3) is 0 Å². The molecule has 28 nitrogen and oxygen atoms in total. The number of carbonyl (C=O) groups excluding carboxylic acids is 6. The smallest absolute Gasteiger partial charge is 0.194 e. The number of nitrogens with zero attached hydrogens (tertiary/aromatic N) is 2. The summed E-state index contributed by atoms with van der Waals surface area (Å²) in [6, 6.07) is 23.2. The number of nitrogen functional groups attached to an aromatic ring is 1. The van der Waals surface area contributed by atoms with E-state index in [0.717, 1.165) is 42.3 Å². The van der Waals surface area contributed by atoms with Gasteiger partial charge >= 0.3 is 0 Å². The maximum Gasteiger partial charge on any atom is 0.194 e. The maximum atomic E-state index is 11.8. The van der Waals surface area contributed by atoms with Crippen molar-refractivity contribution in [3.63, 3.8) is 0 Å². The van der Waals surface area contributed by atoms with Gasteiger partial charge in [-0.25, -0.2) is 0 Å². The number of hydrogen-bond acceptors (Lipinski definition) is 26. The number of rotatable bonds is 19. The molecule has 0 saturated carbocycles. The zero-order valence-corrected chi connectivity index (χ0v) is 57.6. The van der Waals surface area contributed by atoms with Crippen molar-refractivity contribution in [2.24, 2.45) is 5.84 Å². The molecule has 0 radical (unpaired) electrons. The number of nitrogens with two attached hydrogens (primary N) is 1. The van der Waals surface area contributed by atoms with Gasteiger partial charge in [0.05, 0.1) is 117 Å². The summed E-state index contributed by atoms with van der Waals surface area (Å²) in [4.78, 5) is 84.0. The number of allylic oxidation sites excluding steroid dienone is 10. The molecule has 0 spiro atoms. The Morgan fingerprint density at radius 3 is 1.18 bits per heavy atom. The number of benzene rings is 3. The average Bonchev–Trinajstić information content (AvgIpc) is 0.974. The van der Waals surface area contributed by atoms with Crippen molar-refractivity contribution >= 4 is 51.8 Å². The summed E-state index contributed by atoms with van der Waals surface area (Å²) >= 11 is 0. The summed E-state index contributed by atoms with van der Waals surface area (Å²) in [6.45, 7) is 23.3. The predicted octanol–water partition coefficient (Wildman–Crippen LogP) is 8.03. The Bertz CT molecular complexity index is 2860. The van der Waals surface area contributed by atoms with Gasteiger partial charge in [-0.05, 0) is 127 Å². The molecule has 97 heavy (non-hydrogen) atoms. The summed E-state index contributed by atoms with van der Waals surface area (Å²) in [5, 5.41) is 37.1. The van der Waals surface area contributed by atoms with Crippen molar-refractivity contribution in [3.05, 3.63) is 174 Å². The van der Waals surface area contributed by atoms with Gasteiger partial charge < -0.3 is 73.9 Å². The van der Waals surface area contributed by atoms with E-state index < -0.39 is 9.85 Å². The number of Topliss-reactive ketones (excluding diaryl/α,β-unsaturated/α-hetero) is 3. The molecule has 1 atom stereocenters. The number of ether oxygens (including phenoxy) is 10. The van der Waals surface area contributed by atoms with Crippen LogP contribution in [-0.4, -0.2) is 194 Å². The van der Waals surface area contributed by atoms with Crippen molar-refractivity contribution in [2.45, 2.75) is 87.5 Å². The van der Waals surface area contributed by atoms with Crippen LogP contribution >= 0.6 is 0 Å².